The van der Waals surface area contributed by atoms with Crippen molar-refractivity contribution in [2.24, 2.45) is 0 Å². The first kappa shape index (κ1) is 15.9. The maximum atomic E-state index is 5.35. The molecule has 1 unspecified atom stereocenters. The second-order valence-electron chi connectivity index (χ2n) is 4.82. The van der Waals surface area contributed by atoms with Gasteiger partial charge in [-0.3, -0.25) is 4.68 Å². The lowest BCUT2D eigenvalue weighted by Gasteiger charge is -2.16. The van der Waals surface area contributed by atoms with Gasteiger partial charge in [0.25, 0.3) is 0 Å². The molecular formula is C15H20BrN3O2. The highest BCUT2D eigenvalue weighted by atomic mass is 79.9. The number of nitrogens with zero attached hydrogens (tertiary/aromatic N) is 2. The minimum Gasteiger partial charge on any atom is -0.493 e. The van der Waals surface area contributed by atoms with E-state index in [1.165, 1.54) is 0 Å². The van der Waals surface area contributed by atoms with E-state index in [4.69, 9.17) is 9.47 Å². The molecule has 0 saturated carbocycles. The number of aromatic nitrogens is 2. The highest BCUT2D eigenvalue weighted by molar-refractivity contribution is 9.10. The predicted octanol–water partition coefficient (Wildman–Crippen LogP) is 2.84. The summed E-state index contributed by atoms with van der Waals surface area (Å²) in [5.41, 5.74) is 1.13. The molecule has 1 heterocycles. The Bertz CT molecular complexity index is 573. The fourth-order valence-corrected chi connectivity index (χ4v) is 2.77. The van der Waals surface area contributed by atoms with Crippen molar-refractivity contribution in [3.8, 4) is 11.5 Å². The van der Waals surface area contributed by atoms with Gasteiger partial charge >= 0.3 is 0 Å². The molecule has 0 saturated heterocycles. The zero-order chi connectivity index (χ0) is 15.2. The second-order valence-corrected chi connectivity index (χ2v) is 5.68. The molecule has 0 bridgehead atoms. The molecule has 0 aliphatic rings. The fraction of sp³-hybridized carbons (Fsp3) is 0.400. The van der Waals surface area contributed by atoms with E-state index < -0.39 is 0 Å². The summed E-state index contributed by atoms with van der Waals surface area (Å²) in [6, 6.07) is 6.27. The van der Waals surface area contributed by atoms with Gasteiger partial charge in [0.1, 0.15) is 0 Å². The Hall–Kier alpha value is -1.53. The van der Waals surface area contributed by atoms with Crippen LogP contribution in [0.3, 0.4) is 0 Å². The second kappa shape index (κ2) is 7.47. The van der Waals surface area contributed by atoms with E-state index in [1.807, 2.05) is 29.1 Å². The zero-order valence-corrected chi connectivity index (χ0v) is 14.1. The molecule has 1 atom stereocenters. The summed E-state index contributed by atoms with van der Waals surface area (Å²) >= 11 is 3.51. The number of hydrogen-bond acceptors (Lipinski definition) is 4. The van der Waals surface area contributed by atoms with Crippen molar-refractivity contribution in [2.75, 3.05) is 14.2 Å². The molecule has 21 heavy (non-hydrogen) atoms. The normalized spacial score (nSPS) is 12.2. The highest BCUT2D eigenvalue weighted by Crippen LogP contribution is 2.36. The largest absolute Gasteiger partial charge is 0.493 e. The minimum absolute atomic E-state index is 0.316. The van der Waals surface area contributed by atoms with Gasteiger partial charge in [0.2, 0.25) is 0 Å². The van der Waals surface area contributed by atoms with Crippen LogP contribution in [0.15, 0.2) is 35.1 Å². The van der Waals surface area contributed by atoms with E-state index in [2.05, 4.69) is 33.3 Å². The van der Waals surface area contributed by atoms with Crippen LogP contribution >= 0.6 is 15.9 Å². The number of halogens is 1. The van der Waals surface area contributed by atoms with Gasteiger partial charge in [0.05, 0.1) is 25.2 Å². The van der Waals surface area contributed by atoms with Gasteiger partial charge in [-0.2, -0.15) is 5.10 Å². The lowest BCUT2D eigenvalue weighted by atomic mass is 10.2. The number of methoxy groups -OCH3 is 2. The first-order chi connectivity index (χ1) is 10.1. The van der Waals surface area contributed by atoms with E-state index in [-0.39, 0.29) is 0 Å². The maximum absolute atomic E-state index is 5.35. The molecule has 0 aliphatic heterocycles. The SMILES string of the molecule is COc1cc(CNC(C)Cn2cccn2)cc(Br)c1OC. The van der Waals surface area contributed by atoms with Crippen LogP contribution in [0.5, 0.6) is 11.5 Å². The van der Waals surface area contributed by atoms with Gasteiger partial charge in [-0.1, -0.05) is 0 Å². The summed E-state index contributed by atoms with van der Waals surface area (Å²) < 4.78 is 13.5. The summed E-state index contributed by atoms with van der Waals surface area (Å²) in [5, 5.41) is 7.68. The zero-order valence-electron chi connectivity index (χ0n) is 12.5. The molecule has 6 heteroatoms. The number of benzene rings is 1. The maximum Gasteiger partial charge on any atom is 0.174 e. The third kappa shape index (κ3) is 4.22. The van der Waals surface area contributed by atoms with Crippen LogP contribution in [-0.4, -0.2) is 30.0 Å². The van der Waals surface area contributed by atoms with Gasteiger partial charge in [0, 0.05) is 25.0 Å². The highest BCUT2D eigenvalue weighted by Gasteiger charge is 2.11. The third-order valence-electron chi connectivity index (χ3n) is 3.17. The average Bonchev–Trinajstić information content (AvgIpc) is 2.97. The summed E-state index contributed by atoms with van der Waals surface area (Å²) in [6.45, 7) is 3.72. The van der Waals surface area contributed by atoms with Crippen molar-refractivity contribution in [1.82, 2.24) is 15.1 Å². The number of nitrogens with one attached hydrogen (secondary N) is 1. The molecule has 2 rings (SSSR count). The average molecular weight is 354 g/mol. The van der Waals surface area contributed by atoms with E-state index in [0.29, 0.717) is 11.8 Å². The Labute approximate surface area is 133 Å². The smallest absolute Gasteiger partial charge is 0.174 e. The first-order valence-corrected chi connectivity index (χ1v) is 7.54. The number of hydrogen-bond donors (Lipinski definition) is 1. The standard InChI is InChI=1S/C15H20BrN3O2/c1-11(10-19-6-4-5-18-19)17-9-12-7-13(16)15(21-3)14(8-12)20-2/h4-8,11,17H,9-10H2,1-3H3. The third-order valence-corrected chi connectivity index (χ3v) is 3.76. The fourth-order valence-electron chi connectivity index (χ4n) is 2.12. The summed E-state index contributed by atoms with van der Waals surface area (Å²) in [6.07, 6.45) is 3.75. The molecule has 0 amide bonds. The van der Waals surface area contributed by atoms with E-state index in [1.54, 1.807) is 20.4 Å². The van der Waals surface area contributed by atoms with Crippen LogP contribution in [0.2, 0.25) is 0 Å². The van der Waals surface area contributed by atoms with Crippen molar-refractivity contribution < 1.29 is 9.47 Å². The molecule has 1 N–H and O–H groups in total. The van der Waals surface area contributed by atoms with Crippen molar-refractivity contribution in [3.63, 3.8) is 0 Å². The van der Waals surface area contributed by atoms with Gasteiger partial charge < -0.3 is 14.8 Å². The Morgan fingerprint density at radius 2 is 2.14 bits per heavy atom. The van der Waals surface area contributed by atoms with Gasteiger partial charge in [-0.25, -0.2) is 0 Å². The summed E-state index contributed by atoms with van der Waals surface area (Å²) in [7, 11) is 3.27. The van der Waals surface area contributed by atoms with Gasteiger partial charge in [-0.05, 0) is 46.6 Å². The van der Waals surface area contributed by atoms with E-state index in [9.17, 15) is 0 Å². The van der Waals surface area contributed by atoms with Crippen molar-refractivity contribution >= 4 is 15.9 Å². The van der Waals surface area contributed by atoms with Crippen molar-refractivity contribution in [1.29, 1.82) is 0 Å². The number of ether oxygens (including phenoxy) is 2. The molecule has 2 aromatic rings. The van der Waals surface area contributed by atoms with Gasteiger partial charge in [-0.15, -0.1) is 0 Å². The van der Waals surface area contributed by atoms with E-state index >= 15 is 0 Å². The quantitative estimate of drug-likeness (QED) is 0.831. The summed E-state index contributed by atoms with van der Waals surface area (Å²) in [5.74, 6) is 1.44. The molecule has 114 valence electrons. The number of rotatable bonds is 7. The monoisotopic (exact) mass is 353 g/mol. The Balaban J connectivity index is 1.98. The lowest BCUT2D eigenvalue weighted by Crippen LogP contribution is -2.30. The van der Waals surface area contributed by atoms with Crippen LogP contribution < -0.4 is 14.8 Å². The minimum atomic E-state index is 0.316. The molecular weight excluding hydrogens is 334 g/mol. The Morgan fingerprint density at radius 1 is 1.33 bits per heavy atom. The van der Waals surface area contributed by atoms with E-state index in [0.717, 1.165) is 28.9 Å². The van der Waals surface area contributed by atoms with Crippen molar-refractivity contribution in [3.05, 3.63) is 40.6 Å². The molecule has 0 aliphatic carbocycles. The molecule has 0 fully saturated rings. The Kier molecular flexibility index (Phi) is 5.64. The summed E-state index contributed by atoms with van der Waals surface area (Å²) in [4.78, 5) is 0. The molecule has 1 aromatic carbocycles. The van der Waals surface area contributed by atoms with Crippen LogP contribution in [0.25, 0.3) is 0 Å². The Morgan fingerprint density at radius 3 is 2.76 bits per heavy atom. The van der Waals surface area contributed by atoms with Crippen LogP contribution in [0.1, 0.15) is 12.5 Å². The molecule has 5 nitrogen and oxygen atoms in total. The molecule has 0 spiro atoms. The van der Waals surface area contributed by atoms with Crippen LogP contribution in [0, 0.1) is 0 Å². The van der Waals surface area contributed by atoms with Crippen LogP contribution in [0.4, 0.5) is 0 Å². The topological polar surface area (TPSA) is 48.3 Å². The lowest BCUT2D eigenvalue weighted by molar-refractivity contribution is 0.352. The van der Waals surface area contributed by atoms with Crippen molar-refractivity contribution in [2.45, 2.75) is 26.1 Å². The first-order valence-electron chi connectivity index (χ1n) is 6.75. The van der Waals surface area contributed by atoms with Gasteiger partial charge in [0.15, 0.2) is 11.5 Å². The predicted molar refractivity (Wildman–Crippen MR) is 85.8 cm³/mol. The molecule has 1 aromatic heterocycles. The van der Waals surface area contributed by atoms with Crippen LogP contribution in [-0.2, 0) is 13.1 Å². The molecule has 0 radical (unpaired) electrons.